The Kier molecular flexibility index (Phi) is 9.25. The second-order valence-electron chi connectivity index (χ2n) is 10.8. The van der Waals surface area contributed by atoms with E-state index in [1.807, 2.05) is 4.90 Å². The monoisotopic (exact) mass is 525 g/mol. The van der Waals surface area contributed by atoms with Gasteiger partial charge in [-0.25, -0.2) is 9.37 Å². The number of benzene rings is 1. The average molecular weight is 526 g/mol. The summed E-state index contributed by atoms with van der Waals surface area (Å²) in [5.74, 6) is -0.0734. The molecule has 0 saturated carbocycles. The summed E-state index contributed by atoms with van der Waals surface area (Å²) in [7, 11) is 0. The van der Waals surface area contributed by atoms with E-state index in [-0.39, 0.29) is 12.0 Å². The van der Waals surface area contributed by atoms with Crippen molar-refractivity contribution < 1.29 is 23.8 Å². The van der Waals surface area contributed by atoms with Crippen LogP contribution in [0.3, 0.4) is 0 Å². The molecule has 0 bridgehead atoms. The third kappa shape index (κ3) is 6.71. The van der Waals surface area contributed by atoms with Crippen LogP contribution in [-0.2, 0) is 27.1 Å². The molecule has 38 heavy (non-hydrogen) atoms. The lowest BCUT2D eigenvalue weighted by molar-refractivity contribution is -0.143. The van der Waals surface area contributed by atoms with Crippen molar-refractivity contribution in [2.75, 3.05) is 44.8 Å². The molecule has 2 fully saturated rings. The normalized spacial score (nSPS) is 21.1. The Bertz CT molecular complexity index is 1090. The van der Waals surface area contributed by atoms with Crippen molar-refractivity contribution in [3.8, 4) is 0 Å². The van der Waals surface area contributed by atoms with Crippen LogP contribution in [0.1, 0.15) is 79.3 Å². The van der Waals surface area contributed by atoms with Gasteiger partial charge in [-0.15, -0.1) is 0 Å². The lowest BCUT2D eigenvalue weighted by atomic mass is 9.85. The first-order chi connectivity index (χ1) is 18.6. The third-order valence-electron chi connectivity index (χ3n) is 8.16. The van der Waals surface area contributed by atoms with Crippen LogP contribution in [0.25, 0.3) is 0 Å². The second kappa shape index (κ2) is 13.0. The number of fused-ring (bicyclic) bond motifs is 1. The minimum absolute atomic E-state index is 0.00493. The Morgan fingerprint density at radius 1 is 1.18 bits per heavy atom. The van der Waals surface area contributed by atoms with E-state index in [1.54, 1.807) is 6.07 Å². The molecule has 5 rings (SSSR count). The fourth-order valence-corrected chi connectivity index (χ4v) is 6.12. The van der Waals surface area contributed by atoms with Crippen molar-refractivity contribution in [2.24, 2.45) is 0 Å². The molecule has 0 spiro atoms. The minimum atomic E-state index is -0.935. The maximum absolute atomic E-state index is 14.3. The van der Waals surface area contributed by atoms with Gasteiger partial charge in [-0.2, -0.15) is 0 Å². The van der Waals surface area contributed by atoms with Crippen molar-refractivity contribution in [2.45, 2.75) is 75.9 Å². The van der Waals surface area contributed by atoms with Gasteiger partial charge in [0.15, 0.2) is 0 Å². The van der Waals surface area contributed by atoms with Crippen LogP contribution in [0, 0.1) is 5.82 Å². The first kappa shape index (κ1) is 27.0. The molecule has 2 aromatic rings. The number of nitrogens with zero attached hydrogens (tertiary/aromatic N) is 2. The molecular weight excluding hydrogens is 485 g/mol. The van der Waals surface area contributed by atoms with Crippen LogP contribution in [0.2, 0.25) is 0 Å². The fourth-order valence-electron chi connectivity index (χ4n) is 6.12. The maximum Gasteiger partial charge on any atom is 0.325 e. The smallest absolute Gasteiger partial charge is 0.325 e. The second-order valence-corrected chi connectivity index (χ2v) is 10.8. The number of halogens is 1. The van der Waals surface area contributed by atoms with E-state index < -0.39 is 17.8 Å². The average Bonchev–Trinajstić information content (AvgIpc) is 3.39. The van der Waals surface area contributed by atoms with Crippen molar-refractivity contribution >= 4 is 11.8 Å². The number of hydrogen-bond acceptors (Lipinski definition) is 6. The number of nitrogens with one attached hydrogen (secondary N) is 1. The summed E-state index contributed by atoms with van der Waals surface area (Å²) in [5.41, 5.74) is 3.98. The minimum Gasteiger partial charge on any atom is -0.480 e. The van der Waals surface area contributed by atoms with Gasteiger partial charge in [0.2, 0.25) is 0 Å². The molecular formula is C30H40FN3O4. The van der Waals surface area contributed by atoms with Crippen molar-refractivity contribution in [3.63, 3.8) is 0 Å². The van der Waals surface area contributed by atoms with Crippen LogP contribution in [0.5, 0.6) is 0 Å². The zero-order valence-electron chi connectivity index (χ0n) is 22.2. The molecule has 1 aromatic heterocycles. The van der Waals surface area contributed by atoms with E-state index in [9.17, 15) is 14.3 Å². The first-order valence-electron chi connectivity index (χ1n) is 14.3. The summed E-state index contributed by atoms with van der Waals surface area (Å²) >= 11 is 0. The zero-order chi connectivity index (χ0) is 26.3. The number of ether oxygens (including phenoxy) is 2. The summed E-state index contributed by atoms with van der Waals surface area (Å²) < 4.78 is 25.9. The number of carboxylic acids is 1. The molecule has 3 aliphatic rings. The largest absolute Gasteiger partial charge is 0.480 e. The molecule has 0 radical (unpaired) electrons. The van der Waals surface area contributed by atoms with E-state index >= 15 is 0 Å². The number of hydrogen-bond donors (Lipinski definition) is 2. The van der Waals surface area contributed by atoms with Crippen LogP contribution in [0.15, 0.2) is 30.3 Å². The Morgan fingerprint density at radius 2 is 2.05 bits per heavy atom. The molecule has 2 unspecified atom stereocenters. The highest BCUT2D eigenvalue weighted by Gasteiger charge is 2.36. The lowest BCUT2D eigenvalue weighted by Crippen LogP contribution is -2.34. The van der Waals surface area contributed by atoms with Crippen LogP contribution < -0.4 is 5.32 Å². The Morgan fingerprint density at radius 3 is 2.89 bits per heavy atom. The molecule has 7 nitrogen and oxygen atoms in total. The molecule has 4 heterocycles. The third-order valence-corrected chi connectivity index (χ3v) is 8.16. The highest BCUT2D eigenvalue weighted by Crippen LogP contribution is 2.36. The Balaban J connectivity index is 1.09. The van der Waals surface area contributed by atoms with Gasteiger partial charge >= 0.3 is 5.97 Å². The number of aryl methyl sites for hydroxylation is 2. The highest BCUT2D eigenvalue weighted by molar-refractivity contribution is 5.76. The highest BCUT2D eigenvalue weighted by atomic mass is 19.1. The van der Waals surface area contributed by atoms with E-state index in [2.05, 4.69) is 17.4 Å². The summed E-state index contributed by atoms with van der Waals surface area (Å²) in [4.78, 5) is 19.1. The van der Waals surface area contributed by atoms with Gasteiger partial charge in [-0.1, -0.05) is 18.6 Å². The Labute approximate surface area is 224 Å². The standard InChI is InChI=1S/C30H40FN3O4/c31-23-8-10-26(21-12-17-37-18-13-21)27(19-23)28(30(35)36)34-15-11-25(20-34)38-16-3-1-2-6-24-9-7-22-5-4-14-32-29(22)33-24/h7-10,19,21,25,28H,1-6,11-18,20H2,(H,32,33)(H,35,36). The molecule has 2 saturated heterocycles. The van der Waals surface area contributed by atoms with Gasteiger partial charge in [0, 0.05) is 45.1 Å². The molecule has 8 heteroatoms. The van der Waals surface area contributed by atoms with Gasteiger partial charge in [0.1, 0.15) is 17.7 Å². The van der Waals surface area contributed by atoms with Crippen LogP contribution >= 0.6 is 0 Å². The number of carbonyl (C=O) groups is 1. The Hall–Kier alpha value is -2.55. The zero-order valence-corrected chi connectivity index (χ0v) is 22.2. The number of anilines is 1. The van der Waals surface area contributed by atoms with Gasteiger partial charge < -0.3 is 19.9 Å². The molecule has 0 amide bonds. The predicted octanol–water partition coefficient (Wildman–Crippen LogP) is 5.10. The van der Waals surface area contributed by atoms with Gasteiger partial charge in [0.05, 0.1) is 6.10 Å². The number of rotatable bonds is 11. The van der Waals surface area contributed by atoms with E-state index in [4.69, 9.17) is 14.5 Å². The molecule has 1 aromatic carbocycles. The topological polar surface area (TPSA) is 83.9 Å². The quantitative estimate of drug-likeness (QED) is 0.395. The van der Waals surface area contributed by atoms with E-state index in [1.165, 1.54) is 24.1 Å². The number of unbranched alkanes of at least 4 members (excludes halogenated alkanes) is 2. The number of carboxylic acid groups (broad SMARTS) is 1. The molecule has 2 N–H and O–H groups in total. The van der Waals surface area contributed by atoms with Gasteiger partial charge in [0.25, 0.3) is 0 Å². The lowest BCUT2D eigenvalue weighted by Gasteiger charge is -2.30. The summed E-state index contributed by atoms with van der Waals surface area (Å²) in [6.45, 7) is 4.16. The molecule has 0 aliphatic carbocycles. The van der Waals surface area contributed by atoms with Crippen molar-refractivity contribution in [1.82, 2.24) is 9.88 Å². The maximum atomic E-state index is 14.3. The van der Waals surface area contributed by atoms with Crippen LogP contribution in [0.4, 0.5) is 10.2 Å². The SMILES string of the molecule is O=C(O)C(c1cc(F)ccc1C1CCOCC1)N1CCC(OCCCCCc2ccc3c(n2)NCCC3)C1. The first-order valence-corrected chi connectivity index (χ1v) is 14.3. The number of aromatic nitrogens is 1. The summed E-state index contributed by atoms with van der Waals surface area (Å²) in [5, 5.41) is 13.6. The number of pyridine rings is 1. The number of aliphatic carboxylic acids is 1. The van der Waals surface area contributed by atoms with Crippen LogP contribution in [-0.4, -0.2) is 66.5 Å². The van der Waals surface area contributed by atoms with Crippen molar-refractivity contribution in [3.05, 3.63) is 58.5 Å². The van der Waals surface area contributed by atoms with E-state index in [0.717, 1.165) is 75.0 Å². The van der Waals surface area contributed by atoms with Gasteiger partial charge in [-0.3, -0.25) is 9.69 Å². The van der Waals surface area contributed by atoms with E-state index in [0.29, 0.717) is 38.5 Å². The van der Waals surface area contributed by atoms with Crippen molar-refractivity contribution in [1.29, 1.82) is 0 Å². The predicted molar refractivity (Wildman–Crippen MR) is 144 cm³/mol. The summed E-state index contributed by atoms with van der Waals surface area (Å²) in [6, 6.07) is 8.14. The summed E-state index contributed by atoms with van der Waals surface area (Å²) in [6.07, 6.45) is 8.81. The molecule has 206 valence electrons. The number of likely N-dealkylation sites (tertiary alicyclic amines) is 1. The van der Waals surface area contributed by atoms with Gasteiger partial charge in [-0.05, 0) is 92.2 Å². The fraction of sp³-hybridized carbons (Fsp3) is 0.600. The molecule has 2 atom stereocenters. The molecule has 3 aliphatic heterocycles.